The molecule has 1 unspecified atom stereocenters. The number of rotatable bonds is 5. The maximum absolute atomic E-state index is 11.2. The fourth-order valence-electron chi connectivity index (χ4n) is 1.21. The van der Waals surface area contributed by atoms with Crippen molar-refractivity contribution in [2.75, 3.05) is 6.61 Å². The molecule has 0 amide bonds. The Labute approximate surface area is 94.2 Å². The zero-order valence-corrected chi connectivity index (χ0v) is 10.1. The monoisotopic (exact) mass is 228 g/mol. The Hall–Kier alpha value is -0.900. The van der Waals surface area contributed by atoms with Crippen LogP contribution in [0.1, 0.15) is 26.0 Å². The first-order valence-corrected chi connectivity index (χ1v) is 5.87. The molecule has 15 heavy (non-hydrogen) atoms. The van der Waals surface area contributed by atoms with Gasteiger partial charge in [-0.05, 0) is 19.9 Å². The molecular weight excluding hydrogens is 212 g/mol. The highest BCUT2D eigenvalue weighted by Gasteiger charge is 2.13. The lowest BCUT2D eigenvalue weighted by Gasteiger charge is -2.09. The summed E-state index contributed by atoms with van der Waals surface area (Å²) in [5.74, 6) is 0.759. The predicted molar refractivity (Wildman–Crippen MR) is 60.0 cm³/mol. The molecule has 0 saturated carbocycles. The highest BCUT2D eigenvalue weighted by molar-refractivity contribution is 8.00. The quantitative estimate of drug-likeness (QED) is 0.573. The lowest BCUT2D eigenvalue weighted by atomic mass is 10.3. The van der Waals surface area contributed by atoms with Crippen LogP contribution in [-0.2, 0) is 9.53 Å². The van der Waals surface area contributed by atoms with Gasteiger partial charge in [0.1, 0.15) is 5.76 Å². The lowest BCUT2D eigenvalue weighted by Crippen LogP contribution is -2.10. The minimum Gasteiger partial charge on any atom is -0.468 e. The van der Waals surface area contributed by atoms with Crippen molar-refractivity contribution < 1.29 is 13.9 Å². The summed E-state index contributed by atoms with van der Waals surface area (Å²) in [6.07, 6.45) is 2.10. The van der Waals surface area contributed by atoms with E-state index in [0.717, 1.165) is 10.7 Å². The van der Waals surface area contributed by atoms with Crippen LogP contribution in [0, 0.1) is 6.92 Å². The van der Waals surface area contributed by atoms with Gasteiger partial charge in [-0.3, -0.25) is 4.79 Å². The molecule has 0 aliphatic carbocycles. The van der Waals surface area contributed by atoms with Crippen molar-refractivity contribution >= 4 is 17.7 Å². The standard InChI is InChI=1S/C11H16O3S/c1-4-13-11(12)7-8(2)15-10-5-6-14-9(10)3/h5-6,8H,4,7H2,1-3H3. The summed E-state index contributed by atoms with van der Waals surface area (Å²) < 4.78 is 10.1. The third kappa shape index (κ3) is 4.00. The Kier molecular flexibility index (Phi) is 4.75. The van der Waals surface area contributed by atoms with Gasteiger partial charge in [0, 0.05) is 10.1 Å². The summed E-state index contributed by atoms with van der Waals surface area (Å²) in [6, 6.07) is 1.92. The number of carbonyl (C=O) groups is 1. The van der Waals surface area contributed by atoms with E-state index in [1.165, 1.54) is 0 Å². The fraction of sp³-hybridized carbons (Fsp3) is 0.545. The zero-order valence-electron chi connectivity index (χ0n) is 9.28. The van der Waals surface area contributed by atoms with E-state index in [4.69, 9.17) is 9.15 Å². The van der Waals surface area contributed by atoms with Gasteiger partial charge in [-0.1, -0.05) is 6.92 Å². The fourth-order valence-corrected chi connectivity index (χ4v) is 2.21. The van der Waals surface area contributed by atoms with Gasteiger partial charge >= 0.3 is 5.97 Å². The molecule has 0 aromatic carbocycles. The highest BCUT2D eigenvalue weighted by Crippen LogP contribution is 2.28. The van der Waals surface area contributed by atoms with Crippen LogP contribution in [0.4, 0.5) is 0 Å². The van der Waals surface area contributed by atoms with Gasteiger partial charge in [0.25, 0.3) is 0 Å². The van der Waals surface area contributed by atoms with Gasteiger partial charge in [0.15, 0.2) is 0 Å². The summed E-state index contributed by atoms with van der Waals surface area (Å²) in [5.41, 5.74) is 0. The first kappa shape index (κ1) is 12.2. The minimum absolute atomic E-state index is 0.140. The van der Waals surface area contributed by atoms with Crippen molar-refractivity contribution in [2.45, 2.75) is 37.3 Å². The van der Waals surface area contributed by atoms with E-state index in [-0.39, 0.29) is 11.2 Å². The number of esters is 1. The van der Waals surface area contributed by atoms with Crippen molar-refractivity contribution in [3.05, 3.63) is 18.1 Å². The number of ether oxygens (including phenoxy) is 1. The van der Waals surface area contributed by atoms with Crippen LogP contribution in [0.25, 0.3) is 0 Å². The van der Waals surface area contributed by atoms with Gasteiger partial charge in [0.2, 0.25) is 0 Å². The van der Waals surface area contributed by atoms with E-state index in [1.807, 2.05) is 26.8 Å². The molecule has 1 rings (SSSR count). The minimum atomic E-state index is -0.140. The number of hydrogen-bond acceptors (Lipinski definition) is 4. The number of carbonyl (C=O) groups excluding carboxylic acids is 1. The third-order valence-electron chi connectivity index (χ3n) is 1.90. The molecule has 0 bridgehead atoms. The normalized spacial score (nSPS) is 12.5. The largest absolute Gasteiger partial charge is 0.468 e. The van der Waals surface area contributed by atoms with Gasteiger partial charge in [-0.15, -0.1) is 11.8 Å². The molecule has 1 aromatic heterocycles. The predicted octanol–water partition coefficient (Wildman–Crippen LogP) is 3.02. The Morgan fingerprint density at radius 2 is 2.40 bits per heavy atom. The number of hydrogen-bond donors (Lipinski definition) is 0. The van der Waals surface area contributed by atoms with Crippen molar-refractivity contribution in [1.82, 2.24) is 0 Å². The summed E-state index contributed by atoms with van der Waals surface area (Å²) in [6.45, 7) is 6.18. The van der Waals surface area contributed by atoms with Crippen molar-refractivity contribution in [3.63, 3.8) is 0 Å². The van der Waals surface area contributed by atoms with Gasteiger partial charge in [-0.25, -0.2) is 0 Å². The summed E-state index contributed by atoms with van der Waals surface area (Å²) in [5, 5.41) is 0.209. The van der Waals surface area contributed by atoms with Gasteiger partial charge in [0.05, 0.1) is 19.3 Å². The molecule has 1 heterocycles. The number of furan rings is 1. The Morgan fingerprint density at radius 3 is 2.93 bits per heavy atom. The van der Waals surface area contributed by atoms with E-state index in [0.29, 0.717) is 13.0 Å². The van der Waals surface area contributed by atoms with Crippen LogP contribution >= 0.6 is 11.8 Å². The summed E-state index contributed by atoms with van der Waals surface area (Å²) in [4.78, 5) is 12.3. The third-order valence-corrected chi connectivity index (χ3v) is 3.15. The number of thioether (sulfide) groups is 1. The maximum Gasteiger partial charge on any atom is 0.306 e. The molecule has 4 heteroatoms. The Bertz CT molecular complexity index is 319. The zero-order chi connectivity index (χ0) is 11.3. The van der Waals surface area contributed by atoms with Crippen molar-refractivity contribution in [3.8, 4) is 0 Å². The highest BCUT2D eigenvalue weighted by atomic mass is 32.2. The first-order valence-electron chi connectivity index (χ1n) is 4.99. The van der Waals surface area contributed by atoms with E-state index >= 15 is 0 Å². The topological polar surface area (TPSA) is 39.4 Å². The van der Waals surface area contributed by atoms with Crippen LogP contribution in [0.5, 0.6) is 0 Å². The average Bonchev–Trinajstić information content (AvgIpc) is 2.52. The SMILES string of the molecule is CCOC(=O)CC(C)Sc1ccoc1C. The molecule has 1 aromatic rings. The Balaban J connectivity index is 2.39. The summed E-state index contributed by atoms with van der Waals surface area (Å²) >= 11 is 1.64. The molecule has 0 aliphatic heterocycles. The maximum atomic E-state index is 11.2. The van der Waals surface area contributed by atoms with Gasteiger partial charge in [-0.2, -0.15) is 0 Å². The molecule has 1 atom stereocenters. The second-order valence-electron chi connectivity index (χ2n) is 3.28. The number of aryl methyl sites for hydroxylation is 1. The molecule has 0 fully saturated rings. The van der Waals surface area contributed by atoms with E-state index < -0.39 is 0 Å². The van der Waals surface area contributed by atoms with Crippen LogP contribution in [0.2, 0.25) is 0 Å². The van der Waals surface area contributed by atoms with E-state index in [9.17, 15) is 4.79 Å². The average molecular weight is 228 g/mol. The van der Waals surface area contributed by atoms with Gasteiger partial charge < -0.3 is 9.15 Å². The van der Waals surface area contributed by atoms with Crippen molar-refractivity contribution in [2.24, 2.45) is 0 Å². The van der Waals surface area contributed by atoms with E-state index in [2.05, 4.69) is 0 Å². The van der Waals surface area contributed by atoms with Crippen LogP contribution < -0.4 is 0 Å². The molecule has 0 N–H and O–H groups in total. The molecule has 3 nitrogen and oxygen atoms in total. The van der Waals surface area contributed by atoms with Crippen LogP contribution in [-0.4, -0.2) is 17.8 Å². The molecule has 0 radical (unpaired) electrons. The molecular formula is C11H16O3S. The van der Waals surface area contributed by atoms with Crippen molar-refractivity contribution in [1.29, 1.82) is 0 Å². The Morgan fingerprint density at radius 1 is 1.67 bits per heavy atom. The molecule has 84 valence electrons. The first-order chi connectivity index (χ1) is 7.13. The second-order valence-corrected chi connectivity index (χ2v) is 4.76. The molecule has 0 aliphatic rings. The second kappa shape index (κ2) is 5.85. The summed E-state index contributed by atoms with van der Waals surface area (Å²) in [7, 11) is 0. The lowest BCUT2D eigenvalue weighted by molar-refractivity contribution is -0.142. The van der Waals surface area contributed by atoms with Crippen LogP contribution in [0.3, 0.4) is 0 Å². The van der Waals surface area contributed by atoms with E-state index in [1.54, 1.807) is 18.0 Å². The van der Waals surface area contributed by atoms with Crippen LogP contribution in [0.15, 0.2) is 21.6 Å². The molecule has 0 spiro atoms. The smallest absolute Gasteiger partial charge is 0.306 e. The molecule has 0 saturated heterocycles.